The molecule has 1 heterocycles. The molecule has 1 atom stereocenters. The third kappa shape index (κ3) is 1.99. The van der Waals surface area contributed by atoms with Crippen LogP contribution in [0, 0.1) is 0 Å². The maximum Gasteiger partial charge on any atom is 0.251 e. The highest BCUT2D eigenvalue weighted by Gasteiger charge is 2.42. The standard InChI is InChI=1S/C7H12N2O3.ClH/c1-9-5(11)2-3-7(8,4-10)6(9)12;/h10H,2-4,8H2,1H3;1H. The van der Waals surface area contributed by atoms with Crippen LogP contribution in [0.4, 0.5) is 0 Å². The SMILES string of the molecule is CN1C(=O)CCC(N)(CO)C1=O.Cl. The number of halogens is 1. The Balaban J connectivity index is 0.00000144. The molecule has 0 aromatic carbocycles. The normalized spacial score (nSPS) is 28.7. The monoisotopic (exact) mass is 208 g/mol. The number of nitrogens with two attached hydrogens (primary N) is 1. The van der Waals surface area contributed by atoms with E-state index in [9.17, 15) is 9.59 Å². The van der Waals surface area contributed by atoms with Gasteiger partial charge in [-0.15, -0.1) is 12.4 Å². The van der Waals surface area contributed by atoms with Crippen LogP contribution in [0.5, 0.6) is 0 Å². The van der Waals surface area contributed by atoms with Crippen molar-refractivity contribution in [1.82, 2.24) is 4.90 Å². The first kappa shape index (κ1) is 12.3. The topological polar surface area (TPSA) is 83.6 Å². The number of carbonyl (C=O) groups excluding carboxylic acids is 2. The number of hydrogen-bond donors (Lipinski definition) is 2. The number of likely N-dealkylation sites (N-methyl/N-ethyl adjacent to an activating group) is 1. The third-order valence-corrected chi connectivity index (χ3v) is 2.17. The second kappa shape index (κ2) is 4.04. The molecule has 0 spiro atoms. The molecule has 0 aliphatic carbocycles. The van der Waals surface area contributed by atoms with Crippen molar-refractivity contribution in [2.45, 2.75) is 18.4 Å². The van der Waals surface area contributed by atoms with Crippen molar-refractivity contribution in [3.8, 4) is 0 Å². The summed E-state index contributed by atoms with van der Waals surface area (Å²) in [5, 5.41) is 8.84. The molecule has 13 heavy (non-hydrogen) atoms. The summed E-state index contributed by atoms with van der Waals surface area (Å²) in [5.74, 6) is -0.740. The van der Waals surface area contributed by atoms with Gasteiger partial charge in [0.05, 0.1) is 6.61 Å². The highest BCUT2D eigenvalue weighted by molar-refractivity contribution is 6.02. The van der Waals surface area contributed by atoms with E-state index in [4.69, 9.17) is 10.8 Å². The summed E-state index contributed by atoms with van der Waals surface area (Å²) in [4.78, 5) is 23.3. The largest absolute Gasteiger partial charge is 0.394 e. The molecule has 0 bridgehead atoms. The van der Waals surface area contributed by atoms with Gasteiger partial charge in [-0.2, -0.15) is 0 Å². The Morgan fingerprint density at radius 3 is 2.62 bits per heavy atom. The van der Waals surface area contributed by atoms with Gasteiger partial charge in [-0.25, -0.2) is 0 Å². The van der Waals surface area contributed by atoms with Crippen molar-refractivity contribution in [1.29, 1.82) is 0 Å². The Labute approximate surface area is 82.3 Å². The number of likely N-dealkylation sites (tertiary alicyclic amines) is 1. The number of amides is 2. The Morgan fingerprint density at radius 2 is 2.15 bits per heavy atom. The van der Waals surface area contributed by atoms with E-state index >= 15 is 0 Å². The fraction of sp³-hybridized carbons (Fsp3) is 0.714. The Bertz CT molecular complexity index is 234. The van der Waals surface area contributed by atoms with E-state index in [0.717, 1.165) is 4.90 Å². The lowest BCUT2D eigenvalue weighted by atomic mass is 9.90. The van der Waals surface area contributed by atoms with Crippen LogP contribution in [-0.2, 0) is 9.59 Å². The molecule has 1 rings (SSSR count). The van der Waals surface area contributed by atoms with Crippen molar-refractivity contribution in [2.75, 3.05) is 13.7 Å². The molecule has 6 heteroatoms. The minimum atomic E-state index is -1.25. The molecule has 1 saturated heterocycles. The lowest BCUT2D eigenvalue weighted by molar-refractivity contribution is -0.152. The molecule has 0 aromatic rings. The molecule has 3 N–H and O–H groups in total. The van der Waals surface area contributed by atoms with E-state index in [-0.39, 0.29) is 31.2 Å². The quantitative estimate of drug-likeness (QED) is 0.535. The Kier molecular flexibility index (Phi) is 3.84. The summed E-state index contributed by atoms with van der Waals surface area (Å²) in [5.41, 5.74) is 4.31. The number of carbonyl (C=O) groups is 2. The Hall–Kier alpha value is -0.650. The van der Waals surface area contributed by atoms with Crippen LogP contribution < -0.4 is 5.73 Å². The van der Waals surface area contributed by atoms with Gasteiger partial charge in [0.25, 0.3) is 5.91 Å². The molecule has 1 aliphatic rings. The van der Waals surface area contributed by atoms with Gasteiger partial charge in [0.2, 0.25) is 5.91 Å². The average Bonchev–Trinajstić information content (AvgIpc) is 2.09. The van der Waals surface area contributed by atoms with E-state index in [2.05, 4.69) is 0 Å². The van der Waals surface area contributed by atoms with E-state index in [1.54, 1.807) is 0 Å². The highest BCUT2D eigenvalue weighted by atomic mass is 35.5. The molecule has 76 valence electrons. The predicted octanol–water partition coefficient (Wildman–Crippen LogP) is -1.12. The zero-order valence-corrected chi connectivity index (χ0v) is 8.13. The van der Waals surface area contributed by atoms with Crippen molar-refractivity contribution in [3.05, 3.63) is 0 Å². The van der Waals surface area contributed by atoms with Crippen molar-refractivity contribution in [3.63, 3.8) is 0 Å². The summed E-state index contributed by atoms with van der Waals surface area (Å²) < 4.78 is 0. The zero-order valence-electron chi connectivity index (χ0n) is 7.32. The van der Waals surface area contributed by atoms with Crippen molar-refractivity contribution >= 4 is 24.2 Å². The van der Waals surface area contributed by atoms with Crippen LogP contribution in [0.2, 0.25) is 0 Å². The maximum atomic E-state index is 11.3. The average molecular weight is 209 g/mol. The van der Waals surface area contributed by atoms with E-state index in [1.807, 2.05) is 0 Å². The van der Waals surface area contributed by atoms with Gasteiger partial charge in [-0.05, 0) is 6.42 Å². The van der Waals surface area contributed by atoms with Gasteiger partial charge in [0, 0.05) is 13.5 Å². The van der Waals surface area contributed by atoms with Crippen LogP contribution in [0.1, 0.15) is 12.8 Å². The fourth-order valence-electron chi connectivity index (χ4n) is 1.20. The molecule has 1 aliphatic heterocycles. The first-order valence-corrected chi connectivity index (χ1v) is 3.72. The van der Waals surface area contributed by atoms with Crippen LogP contribution in [0.3, 0.4) is 0 Å². The highest BCUT2D eigenvalue weighted by Crippen LogP contribution is 2.19. The second-order valence-electron chi connectivity index (χ2n) is 3.07. The van der Waals surface area contributed by atoms with Crippen LogP contribution in [0.25, 0.3) is 0 Å². The summed E-state index contributed by atoms with van der Waals surface area (Å²) in [6.07, 6.45) is 0.449. The zero-order chi connectivity index (χ0) is 9.35. The minimum Gasteiger partial charge on any atom is -0.394 e. The number of aliphatic hydroxyl groups excluding tert-OH is 1. The minimum absolute atomic E-state index is 0. The molecule has 0 saturated carbocycles. The van der Waals surface area contributed by atoms with Gasteiger partial charge in [0.1, 0.15) is 5.54 Å². The predicted molar refractivity (Wildman–Crippen MR) is 48.3 cm³/mol. The number of rotatable bonds is 1. The molecule has 0 aromatic heterocycles. The second-order valence-corrected chi connectivity index (χ2v) is 3.07. The molecule has 5 nitrogen and oxygen atoms in total. The van der Waals surface area contributed by atoms with Gasteiger partial charge in [-0.1, -0.05) is 0 Å². The lowest BCUT2D eigenvalue weighted by Gasteiger charge is -2.34. The first-order valence-electron chi connectivity index (χ1n) is 3.72. The van der Waals surface area contributed by atoms with Crippen LogP contribution >= 0.6 is 12.4 Å². The maximum absolute atomic E-state index is 11.3. The number of aliphatic hydroxyl groups is 1. The number of hydrogen-bond acceptors (Lipinski definition) is 4. The summed E-state index contributed by atoms with van der Waals surface area (Å²) >= 11 is 0. The molecular weight excluding hydrogens is 196 g/mol. The fourth-order valence-corrected chi connectivity index (χ4v) is 1.20. The lowest BCUT2D eigenvalue weighted by Crippen LogP contribution is -2.61. The van der Waals surface area contributed by atoms with Crippen molar-refractivity contribution in [2.24, 2.45) is 5.73 Å². The third-order valence-electron chi connectivity index (χ3n) is 2.17. The number of piperidine rings is 1. The molecule has 1 unspecified atom stereocenters. The first-order chi connectivity index (χ1) is 5.51. The molecular formula is C7H13ClN2O3. The number of imide groups is 1. The van der Waals surface area contributed by atoms with Crippen LogP contribution in [0.15, 0.2) is 0 Å². The van der Waals surface area contributed by atoms with Gasteiger partial charge in [-0.3, -0.25) is 14.5 Å². The van der Waals surface area contributed by atoms with E-state index in [0.29, 0.717) is 0 Å². The molecule has 2 amide bonds. The van der Waals surface area contributed by atoms with E-state index < -0.39 is 18.1 Å². The van der Waals surface area contributed by atoms with E-state index in [1.165, 1.54) is 7.05 Å². The Morgan fingerprint density at radius 1 is 1.62 bits per heavy atom. The summed E-state index contributed by atoms with van der Waals surface area (Å²) in [7, 11) is 1.38. The van der Waals surface area contributed by atoms with Crippen molar-refractivity contribution < 1.29 is 14.7 Å². The smallest absolute Gasteiger partial charge is 0.251 e. The van der Waals surface area contributed by atoms with Crippen LogP contribution in [-0.4, -0.2) is 41.0 Å². The summed E-state index contributed by atoms with van der Waals surface area (Å²) in [6, 6.07) is 0. The summed E-state index contributed by atoms with van der Waals surface area (Å²) in [6.45, 7) is -0.413. The van der Waals surface area contributed by atoms with Gasteiger partial charge >= 0.3 is 0 Å². The van der Waals surface area contributed by atoms with Gasteiger partial charge < -0.3 is 10.8 Å². The molecule has 0 radical (unpaired) electrons. The number of nitrogens with zero attached hydrogens (tertiary/aromatic N) is 1. The molecule has 1 fully saturated rings. The van der Waals surface area contributed by atoms with Gasteiger partial charge in [0.15, 0.2) is 0 Å².